The molecule has 1 aliphatic heterocycles. The van der Waals surface area contributed by atoms with Crippen LogP contribution in [0.25, 0.3) is 0 Å². The van der Waals surface area contributed by atoms with E-state index in [1.54, 1.807) is 47.6 Å². The van der Waals surface area contributed by atoms with Crippen molar-refractivity contribution in [1.29, 1.82) is 0 Å². The van der Waals surface area contributed by atoms with Gasteiger partial charge in [-0.25, -0.2) is 8.42 Å². The number of carbonyl (C=O) groups is 1. The molecule has 7 nitrogen and oxygen atoms in total. The number of methoxy groups -OCH3 is 1. The van der Waals surface area contributed by atoms with Gasteiger partial charge in [0.05, 0.1) is 24.6 Å². The van der Waals surface area contributed by atoms with E-state index in [4.69, 9.17) is 9.47 Å². The van der Waals surface area contributed by atoms with Gasteiger partial charge in [0, 0.05) is 23.5 Å². The Hall–Kier alpha value is -2.88. The van der Waals surface area contributed by atoms with Gasteiger partial charge in [-0.15, -0.1) is 11.3 Å². The van der Waals surface area contributed by atoms with Crippen molar-refractivity contribution in [2.45, 2.75) is 50.6 Å². The van der Waals surface area contributed by atoms with E-state index >= 15 is 0 Å². The fraction of sp³-hybridized carbons (Fsp3) is 0.393. The second kappa shape index (κ2) is 11.7. The highest BCUT2D eigenvalue weighted by Crippen LogP contribution is 2.34. The average Bonchev–Trinajstić information content (AvgIpc) is 3.39. The lowest BCUT2D eigenvalue weighted by Crippen LogP contribution is -2.49. The van der Waals surface area contributed by atoms with Gasteiger partial charge in [-0.2, -0.15) is 4.31 Å². The number of amides is 1. The molecule has 2 atom stereocenters. The van der Waals surface area contributed by atoms with E-state index in [1.807, 2.05) is 56.5 Å². The standard InChI is InChI=1S/C28H34N2O5S2/c1-5-21(3)30(37(32,33)24-11-9-20(2)10-12-24)18-28(31)29-15-13-27-25(14-16-36-27)26(29)19-35-23-8-6-7-22(17-23)34-4/h6-12,14,16-17,21,26H,5,13,15,18-19H2,1-4H3/t21-,26+/m0/s1. The zero-order valence-electron chi connectivity index (χ0n) is 21.7. The number of hydrogen-bond acceptors (Lipinski definition) is 6. The van der Waals surface area contributed by atoms with Crippen molar-refractivity contribution in [2.24, 2.45) is 0 Å². The second-order valence-corrected chi connectivity index (χ2v) is 12.2. The number of hydrogen-bond donors (Lipinski definition) is 0. The van der Waals surface area contributed by atoms with E-state index in [0.717, 1.165) is 17.5 Å². The molecule has 0 spiro atoms. The number of fused-ring (bicyclic) bond motifs is 1. The Morgan fingerprint density at radius 1 is 1.16 bits per heavy atom. The van der Waals surface area contributed by atoms with Crippen LogP contribution in [0.4, 0.5) is 0 Å². The third kappa shape index (κ3) is 6.00. The molecule has 0 saturated carbocycles. The summed E-state index contributed by atoms with van der Waals surface area (Å²) in [5, 5.41) is 2.03. The molecule has 0 saturated heterocycles. The van der Waals surface area contributed by atoms with Crippen molar-refractivity contribution in [1.82, 2.24) is 9.21 Å². The molecule has 0 bridgehead atoms. The normalized spacial score (nSPS) is 16.4. The molecule has 1 amide bonds. The molecular weight excluding hydrogens is 508 g/mol. The number of thiophene rings is 1. The van der Waals surface area contributed by atoms with Gasteiger partial charge in [0.25, 0.3) is 0 Å². The number of benzene rings is 2. The Morgan fingerprint density at radius 2 is 1.89 bits per heavy atom. The van der Waals surface area contributed by atoms with Crippen molar-refractivity contribution in [3.63, 3.8) is 0 Å². The number of nitrogens with zero attached hydrogens (tertiary/aromatic N) is 2. The highest BCUT2D eigenvalue weighted by atomic mass is 32.2. The van der Waals surface area contributed by atoms with Gasteiger partial charge in [0.1, 0.15) is 18.1 Å². The SMILES string of the molecule is CC[C@H](C)N(CC(=O)N1CCc2sccc2[C@H]1COc1cccc(OC)c1)S(=O)(=O)c1ccc(C)cc1. The molecule has 3 aromatic rings. The first-order valence-electron chi connectivity index (χ1n) is 12.5. The molecule has 1 aromatic heterocycles. The van der Waals surface area contributed by atoms with E-state index < -0.39 is 10.0 Å². The van der Waals surface area contributed by atoms with Gasteiger partial charge in [0.2, 0.25) is 15.9 Å². The predicted molar refractivity (Wildman–Crippen MR) is 146 cm³/mol. The van der Waals surface area contributed by atoms with E-state index in [0.29, 0.717) is 24.5 Å². The Bertz CT molecular complexity index is 1320. The van der Waals surface area contributed by atoms with Crippen molar-refractivity contribution in [2.75, 3.05) is 26.8 Å². The monoisotopic (exact) mass is 542 g/mol. The Labute approximate surface area is 223 Å². The molecule has 0 fully saturated rings. The molecule has 0 unspecified atom stereocenters. The highest BCUT2D eigenvalue weighted by Gasteiger charge is 2.36. The van der Waals surface area contributed by atoms with Crippen molar-refractivity contribution in [3.8, 4) is 11.5 Å². The Balaban J connectivity index is 1.58. The summed E-state index contributed by atoms with van der Waals surface area (Å²) in [6.07, 6.45) is 1.33. The smallest absolute Gasteiger partial charge is 0.243 e. The van der Waals surface area contributed by atoms with Crippen LogP contribution in [-0.2, 0) is 21.2 Å². The Morgan fingerprint density at radius 3 is 2.59 bits per heavy atom. The minimum absolute atomic E-state index is 0.197. The van der Waals surface area contributed by atoms with Gasteiger partial charge in [-0.05, 0) is 68.0 Å². The van der Waals surface area contributed by atoms with Gasteiger partial charge < -0.3 is 14.4 Å². The van der Waals surface area contributed by atoms with Crippen LogP contribution in [0, 0.1) is 6.92 Å². The number of rotatable bonds is 10. The number of carbonyl (C=O) groups excluding carboxylic acids is 1. The fourth-order valence-electron chi connectivity index (χ4n) is 4.49. The highest BCUT2D eigenvalue weighted by molar-refractivity contribution is 7.89. The summed E-state index contributed by atoms with van der Waals surface area (Å²) in [6, 6.07) is 15.5. The molecule has 9 heteroatoms. The van der Waals surface area contributed by atoms with Gasteiger partial charge in [-0.1, -0.05) is 30.7 Å². The lowest BCUT2D eigenvalue weighted by Gasteiger charge is -2.37. The van der Waals surface area contributed by atoms with Gasteiger partial charge in [0.15, 0.2) is 0 Å². The topological polar surface area (TPSA) is 76.2 Å². The van der Waals surface area contributed by atoms with Crippen LogP contribution >= 0.6 is 11.3 Å². The van der Waals surface area contributed by atoms with Crippen LogP contribution in [0.5, 0.6) is 11.5 Å². The molecule has 4 rings (SSSR count). The summed E-state index contributed by atoms with van der Waals surface area (Å²) in [5.41, 5.74) is 2.04. The molecule has 2 aromatic carbocycles. The minimum atomic E-state index is -3.85. The molecule has 0 aliphatic carbocycles. The van der Waals surface area contributed by atoms with Crippen LogP contribution in [0.2, 0.25) is 0 Å². The molecule has 0 N–H and O–H groups in total. The van der Waals surface area contributed by atoms with Crippen LogP contribution in [0.1, 0.15) is 42.3 Å². The van der Waals surface area contributed by atoms with Crippen molar-refractivity contribution < 1.29 is 22.7 Å². The quantitative estimate of drug-likeness (QED) is 0.358. The minimum Gasteiger partial charge on any atom is -0.497 e. The molecule has 2 heterocycles. The fourth-order valence-corrected chi connectivity index (χ4v) is 7.07. The molecule has 198 valence electrons. The van der Waals surface area contributed by atoms with Crippen LogP contribution < -0.4 is 9.47 Å². The van der Waals surface area contributed by atoms with E-state index in [-0.39, 0.29) is 36.0 Å². The summed E-state index contributed by atoms with van der Waals surface area (Å²) in [7, 11) is -2.25. The maximum Gasteiger partial charge on any atom is 0.243 e. The van der Waals surface area contributed by atoms with Crippen molar-refractivity contribution >= 4 is 27.3 Å². The van der Waals surface area contributed by atoms with Crippen molar-refractivity contribution in [3.05, 3.63) is 76.0 Å². The Kier molecular flexibility index (Phi) is 8.56. The average molecular weight is 543 g/mol. The maximum absolute atomic E-state index is 13.8. The summed E-state index contributed by atoms with van der Waals surface area (Å²) in [6.45, 7) is 6.23. The summed E-state index contributed by atoms with van der Waals surface area (Å²) in [4.78, 5) is 17.0. The summed E-state index contributed by atoms with van der Waals surface area (Å²) < 4.78 is 39.9. The molecular formula is C28H34N2O5S2. The lowest BCUT2D eigenvalue weighted by atomic mass is 10.0. The first-order valence-corrected chi connectivity index (χ1v) is 14.8. The van der Waals surface area contributed by atoms with E-state index in [9.17, 15) is 13.2 Å². The van der Waals surface area contributed by atoms with E-state index in [2.05, 4.69) is 0 Å². The van der Waals surface area contributed by atoms with Crippen LogP contribution in [-0.4, -0.2) is 56.4 Å². The first kappa shape index (κ1) is 27.2. The largest absolute Gasteiger partial charge is 0.497 e. The number of ether oxygens (including phenoxy) is 2. The molecule has 0 radical (unpaired) electrons. The zero-order chi connectivity index (χ0) is 26.6. The third-order valence-corrected chi connectivity index (χ3v) is 9.84. The third-order valence-electron chi connectivity index (χ3n) is 6.87. The van der Waals surface area contributed by atoms with Gasteiger partial charge in [-0.3, -0.25) is 4.79 Å². The first-order chi connectivity index (χ1) is 17.7. The van der Waals surface area contributed by atoms with Crippen LogP contribution in [0.3, 0.4) is 0 Å². The number of aryl methyl sites for hydroxylation is 1. The zero-order valence-corrected chi connectivity index (χ0v) is 23.3. The molecule has 1 aliphatic rings. The summed E-state index contributed by atoms with van der Waals surface area (Å²) in [5.74, 6) is 1.11. The predicted octanol–water partition coefficient (Wildman–Crippen LogP) is 5.06. The van der Waals surface area contributed by atoms with Crippen LogP contribution in [0.15, 0.2) is 64.9 Å². The van der Waals surface area contributed by atoms with E-state index in [1.165, 1.54) is 9.18 Å². The molecule has 37 heavy (non-hydrogen) atoms. The van der Waals surface area contributed by atoms with Gasteiger partial charge >= 0.3 is 0 Å². The number of sulfonamides is 1. The lowest BCUT2D eigenvalue weighted by molar-refractivity contribution is -0.135. The summed E-state index contributed by atoms with van der Waals surface area (Å²) >= 11 is 1.68. The maximum atomic E-state index is 13.8. The second-order valence-electron chi connectivity index (χ2n) is 9.26.